The highest BCUT2D eigenvalue weighted by atomic mass is 19.4. The Bertz CT molecular complexity index is 965. The van der Waals surface area contributed by atoms with E-state index in [2.05, 4.69) is 0 Å². The lowest BCUT2D eigenvalue weighted by Crippen LogP contribution is -2.35. The summed E-state index contributed by atoms with van der Waals surface area (Å²) in [6.07, 6.45) is -4.40. The van der Waals surface area contributed by atoms with Crippen LogP contribution in [0.5, 0.6) is 0 Å². The monoisotopic (exact) mass is 361 g/mol. The van der Waals surface area contributed by atoms with Gasteiger partial charge >= 0.3 is 6.18 Å². The molecule has 0 aliphatic rings. The molecule has 0 bridgehead atoms. The van der Waals surface area contributed by atoms with Gasteiger partial charge in [-0.1, -0.05) is 42.5 Å². The van der Waals surface area contributed by atoms with Crippen molar-refractivity contribution < 1.29 is 17.7 Å². The highest BCUT2D eigenvalue weighted by molar-refractivity contribution is 5.64. The molecule has 0 radical (unpaired) electrons. The second-order valence-corrected chi connectivity index (χ2v) is 6.62. The van der Waals surface area contributed by atoms with Crippen molar-refractivity contribution in [2.75, 3.05) is 0 Å². The molecule has 3 aromatic rings. The fourth-order valence-electron chi connectivity index (χ4n) is 2.96. The van der Waals surface area contributed by atoms with E-state index in [1.165, 1.54) is 16.9 Å². The van der Waals surface area contributed by atoms with Gasteiger partial charge in [-0.2, -0.15) is 17.9 Å². The van der Waals surface area contributed by atoms with Crippen LogP contribution < -0.4 is 5.56 Å². The first-order valence-corrected chi connectivity index (χ1v) is 8.09. The van der Waals surface area contributed by atoms with Gasteiger partial charge in [0.2, 0.25) is 0 Å². The van der Waals surface area contributed by atoms with E-state index in [9.17, 15) is 18.0 Å². The molecule has 1 heterocycles. The van der Waals surface area contributed by atoms with Crippen LogP contribution in [0.25, 0.3) is 11.1 Å². The van der Waals surface area contributed by atoms with E-state index in [0.717, 1.165) is 17.7 Å². The second-order valence-electron chi connectivity index (χ2n) is 6.62. The molecule has 0 aliphatic heterocycles. The smallest absolute Gasteiger partial charge is 0.380 e. The SMILES string of the molecule is Cc1on(C(C)(C)c2ccc(C(F)(F)F)cc2)c(=O)c1-c1ccccc1. The van der Waals surface area contributed by atoms with Gasteiger partial charge in [0, 0.05) is 0 Å². The number of rotatable bonds is 3. The van der Waals surface area contributed by atoms with Crippen molar-refractivity contribution in [3.8, 4) is 11.1 Å². The van der Waals surface area contributed by atoms with E-state index in [-0.39, 0.29) is 5.56 Å². The number of nitrogens with zero attached hydrogens (tertiary/aromatic N) is 1. The van der Waals surface area contributed by atoms with Gasteiger partial charge in [-0.25, -0.2) is 0 Å². The van der Waals surface area contributed by atoms with Gasteiger partial charge in [0.05, 0.1) is 11.1 Å². The zero-order valence-corrected chi connectivity index (χ0v) is 14.6. The Kier molecular flexibility index (Phi) is 4.30. The highest BCUT2D eigenvalue weighted by Crippen LogP contribution is 2.32. The van der Waals surface area contributed by atoms with Crippen LogP contribution in [0.1, 0.15) is 30.7 Å². The molecule has 2 aromatic carbocycles. The summed E-state index contributed by atoms with van der Waals surface area (Å²) in [4.78, 5) is 12.9. The van der Waals surface area contributed by atoms with Crippen LogP contribution in [-0.4, -0.2) is 4.74 Å². The predicted molar refractivity (Wildman–Crippen MR) is 93.0 cm³/mol. The van der Waals surface area contributed by atoms with Gasteiger partial charge in [0.25, 0.3) is 5.56 Å². The molecule has 136 valence electrons. The molecular formula is C20H18F3NO2. The zero-order chi connectivity index (χ0) is 19.1. The Balaban J connectivity index is 2.07. The minimum Gasteiger partial charge on any atom is -0.380 e. The maximum absolute atomic E-state index is 12.9. The standard InChI is InChI=1S/C20H18F3NO2/c1-13-17(14-7-5-4-6-8-14)18(25)24(26-13)19(2,3)15-9-11-16(12-10-15)20(21,22)23/h4-12H,1-3H3. The average Bonchev–Trinajstić information content (AvgIpc) is 2.90. The van der Waals surface area contributed by atoms with E-state index in [1.807, 2.05) is 30.3 Å². The normalized spacial score (nSPS) is 12.4. The Morgan fingerprint density at radius 3 is 1.96 bits per heavy atom. The van der Waals surface area contributed by atoms with Crippen molar-refractivity contribution >= 4 is 0 Å². The van der Waals surface area contributed by atoms with Gasteiger partial charge in [0.1, 0.15) is 11.3 Å². The first kappa shape index (κ1) is 18.0. The fourth-order valence-corrected chi connectivity index (χ4v) is 2.96. The van der Waals surface area contributed by atoms with E-state index in [0.29, 0.717) is 16.9 Å². The van der Waals surface area contributed by atoms with Crippen molar-refractivity contribution in [3.63, 3.8) is 0 Å². The van der Waals surface area contributed by atoms with Crippen molar-refractivity contribution in [3.05, 3.63) is 81.8 Å². The first-order chi connectivity index (χ1) is 12.1. The average molecular weight is 361 g/mol. The number of alkyl halides is 3. The number of benzene rings is 2. The van der Waals surface area contributed by atoms with Crippen molar-refractivity contribution in [2.45, 2.75) is 32.5 Å². The molecule has 0 atom stereocenters. The molecule has 0 fully saturated rings. The van der Waals surface area contributed by atoms with Crippen LogP contribution in [0.15, 0.2) is 63.9 Å². The molecule has 0 saturated carbocycles. The lowest BCUT2D eigenvalue weighted by molar-refractivity contribution is -0.137. The number of aryl methyl sites for hydroxylation is 1. The van der Waals surface area contributed by atoms with Gasteiger partial charge in [0.15, 0.2) is 0 Å². The van der Waals surface area contributed by atoms with E-state index >= 15 is 0 Å². The van der Waals surface area contributed by atoms with Crippen molar-refractivity contribution in [1.82, 2.24) is 4.74 Å². The Morgan fingerprint density at radius 2 is 1.42 bits per heavy atom. The van der Waals surface area contributed by atoms with Crippen molar-refractivity contribution in [1.29, 1.82) is 0 Å². The van der Waals surface area contributed by atoms with E-state index in [1.54, 1.807) is 20.8 Å². The summed E-state index contributed by atoms with van der Waals surface area (Å²) in [5.74, 6) is 0.459. The Labute approximate surface area is 148 Å². The molecule has 0 N–H and O–H groups in total. The summed E-state index contributed by atoms with van der Waals surface area (Å²) >= 11 is 0. The van der Waals surface area contributed by atoms with Crippen LogP contribution in [0.2, 0.25) is 0 Å². The van der Waals surface area contributed by atoms with Crippen LogP contribution in [0.4, 0.5) is 13.2 Å². The summed E-state index contributed by atoms with van der Waals surface area (Å²) in [7, 11) is 0. The van der Waals surface area contributed by atoms with Crippen LogP contribution in [0, 0.1) is 6.92 Å². The molecule has 0 aliphatic carbocycles. The molecule has 0 unspecified atom stereocenters. The molecule has 6 heteroatoms. The topological polar surface area (TPSA) is 35.1 Å². The second kappa shape index (κ2) is 6.20. The van der Waals surface area contributed by atoms with Gasteiger partial charge in [-0.15, -0.1) is 0 Å². The summed E-state index contributed by atoms with van der Waals surface area (Å²) < 4.78 is 45.2. The molecule has 0 spiro atoms. The lowest BCUT2D eigenvalue weighted by Gasteiger charge is -2.24. The lowest BCUT2D eigenvalue weighted by atomic mass is 9.93. The van der Waals surface area contributed by atoms with Gasteiger partial charge in [-0.05, 0) is 44.0 Å². The third-order valence-electron chi connectivity index (χ3n) is 4.47. The van der Waals surface area contributed by atoms with Crippen LogP contribution >= 0.6 is 0 Å². The van der Waals surface area contributed by atoms with E-state index < -0.39 is 17.3 Å². The number of hydrogen-bond donors (Lipinski definition) is 0. The third-order valence-corrected chi connectivity index (χ3v) is 4.47. The van der Waals surface area contributed by atoms with Gasteiger partial charge in [-0.3, -0.25) is 4.79 Å². The molecular weight excluding hydrogens is 343 g/mol. The fraction of sp³-hybridized carbons (Fsp3) is 0.250. The number of halogens is 3. The van der Waals surface area contributed by atoms with Gasteiger partial charge < -0.3 is 4.52 Å². The molecule has 3 nitrogen and oxygen atoms in total. The summed E-state index contributed by atoms with van der Waals surface area (Å²) in [6.45, 7) is 5.16. The Morgan fingerprint density at radius 1 is 0.885 bits per heavy atom. The summed E-state index contributed by atoms with van der Waals surface area (Å²) in [5.41, 5.74) is -0.269. The van der Waals surface area contributed by atoms with Crippen molar-refractivity contribution in [2.24, 2.45) is 0 Å². The molecule has 0 saturated heterocycles. The quantitative estimate of drug-likeness (QED) is 0.641. The minimum absolute atomic E-state index is 0.321. The number of hydrogen-bond acceptors (Lipinski definition) is 2. The first-order valence-electron chi connectivity index (χ1n) is 8.09. The maximum Gasteiger partial charge on any atom is 0.416 e. The minimum atomic E-state index is -4.40. The molecule has 0 amide bonds. The zero-order valence-electron chi connectivity index (χ0n) is 14.6. The summed E-state index contributed by atoms with van der Waals surface area (Å²) in [6, 6.07) is 13.9. The van der Waals surface area contributed by atoms with E-state index in [4.69, 9.17) is 4.52 Å². The largest absolute Gasteiger partial charge is 0.416 e. The molecule has 1 aromatic heterocycles. The highest BCUT2D eigenvalue weighted by Gasteiger charge is 2.33. The molecule has 3 rings (SSSR count). The molecule has 26 heavy (non-hydrogen) atoms. The maximum atomic E-state index is 12.9. The van der Waals surface area contributed by atoms with Crippen LogP contribution in [-0.2, 0) is 11.7 Å². The summed E-state index contributed by atoms with van der Waals surface area (Å²) in [5, 5.41) is 0. The number of aromatic nitrogens is 1. The third kappa shape index (κ3) is 3.07. The predicted octanol–water partition coefficient (Wildman–Crippen LogP) is 5.22. The van der Waals surface area contributed by atoms with Crippen LogP contribution in [0.3, 0.4) is 0 Å². The Hall–Kier alpha value is -2.76.